The Morgan fingerprint density at radius 2 is 1.95 bits per heavy atom. The van der Waals surface area contributed by atoms with Gasteiger partial charge in [0.05, 0.1) is 13.2 Å². The van der Waals surface area contributed by atoms with E-state index in [4.69, 9.17) is 26.5 Å². The Hall–Kier alpha value is -1.97. The SMILES string of the molecule is COc1cc(C)c(Cl)cc1C(N)c1cc2ccccc2o1. The molecule has 2 N–H and O–H groups in total. The maximum absolute atomic E-state index is 6.34. The zero-order chi connectivity index (χ0) is 15.0. The van der Waals surface area contributed by atoms with Crippen molar-refractivity contribution in [2.24, 2.45) is 5.73 Å². The zero-order valence-electron chi connectivity index (χ0n) is 11.9. The lowest BCUT2D eigenvalue weighted by Crippen LogP contribution is -2.12. The lowest BCUT2D eigenvalue weighted by Gasteiger charge is -2.15. The molecule has 1 aromatic heterocycles. The van der Waals surface area contributed by atoms with Crippen molar-refractivity contribution in [2.75, 3.05) is 7.11 Å². The van der Waals surface area contributed by atoms with Crippen LogP contribution >= 0.6 is 11.6 Å². The monoisotopic (exact) mass is 301 g/mol. The number of aryl methyl sites for hydroxylation is 1. The number of hydrogen-bond donors (Lipinski definition) is 1. The van der Waals surface area contributed by atoms with Gasteiger partial charge >= 0.3 is 0 Å². The Kier molecular flexibility index (Phi) is 3.62. The quantitative estimate of drug-likeness (QED) is 0.777. The summed E-state index contributed by atoms with van der Waals surface area (Å²) in [4.78, 5) is 0. The number of furan rings is 1. The molecule has 4 heteroatoms. The maximum Gasteiger partial charge on any atom is 0.134 e. The molecular formula is C17H16ClNO2. The van der Waals surface area contributed by atoms with E-state index in [-0.39, 0.29) is 0 Å². The molecule has 0 fully saturated rings. The molecule has 3 rings (SSSR count). The number of rotatable bonds is 3. The molecule has 1 unspecified atom stereocenters. The van der Waals surface area contributed by atoms with Crippen molar-refractivity contribution in [3.8, 4) is 5.75 Å². The molecule has 0 saturated carbocycles. The predicted molar refractivity (Wildman–Crippen MR) is 85.0 cm³/mol. The van der Waals surface area contributed by atoms with E-state index < -0.39 is 6.04 Å². The van der Waals surface area contributed by atoms with Crippen LogP contribution in [0.15, 0.2) is 46.9 Å². The summed E-state index contributed by atoms with van der Waals surface area (Å²) < 4.78 is 11.2. The number of methoxy groups -OCH3 is 1. The normalized spacial score (nSPS) is 12.6. The highest BCUT2D eigenvalue weighted by atomic mass is 35.5. The van der Waals surface area contributed by atoms with Gasteiger partial charge in [0.25, 0.3) is 0 Å². The van der Waals surface area contributed by atoms with Crippen molar-refractivity contribution < 1.29 is 9.15 Å². The number of ether oxygens (including phenoxy) is 1. The van der Waals surface area contributed by atoms with Gasteiger partial charge in [-0.25, -0.2) is 0 Å². The highest BCUT2D eigenvalue weighted by molar-refractivity contribution is 6.31. The van der Waals surface area contributed by atoms with E-state index in [1.54, 1.807) is 7.11 Å². The highest BCUT2D eigenvalue weighted by Gasteiger charge is 2.19. The first-order valence-electron chi connectivity index (χ1n) is 6.68. The third-order valence-corrected chi connectivity index (χ3v) is 4.00. The molecular weight excluding hydrogens is 286 g/mol. The van der Waals surface area contributed by atoms with Crippen LogP contribution in [0.1, 0.15) is 22.9 Å². The lowest BCUT2D eigenvalue weighted by atomic mass is 10.0. The third kappa shape index (κ3) is 2.50. The molecule has 0 aliphatic carbocycles. The fourth-order valence-electron chi connectivity index (χ4n) is 2.40. The number of para-hydroxylation sites is 1. The maximum atomic E-state index is 6.34. The summed E-state index contributed by atoms with van der Waals surface area (Å²) in [6, 6.07) is 13.1. The summed E-state index contributed by atoms with van der Waals surface area (Å²) in [7, 11) is 1.62. The van der Waals surface area contributed by atoms with Gasteiger partial charge in [-0.1, -0.05) is 29.8 Å². The van der Waals surface area contributed by atoms with Crippen LogP contribution in [-0.2, 0) is 0 Å². The second-order valence-corrected chi connectivity index (χ2v) is 5.41. The number of halogens is 1. The number of nitrogens with two attached hydrogens (primary N) is 1. The minimum Gasteiger partial charge on any atom is -0.496 e. The molecule has 3 aromatic rings. The van der Waals surface area contributed by atoms with E-state index >= 15 is 0 Å². The fourth-order valence-corrected chi connectivity index (χ4v) is 2.57. The molecule has 0 aliphatic heterocycles. The molecule has 0 amide bonds. The Balaban J connectivity index is 2.09. The second kappa shape index (κ2) is 5.43. The second-order valence-electron chi connectivity index (χ2n) is 5.01. The molecule has 0 spiro atoms. The van der Waals surface area contributed by atoms with Crippen LogP contribution < -0.4 is 10.5 Å². The molecule has 0 bridgehead atoms. The molecule has 0 radical (unpaired) electrons. The van der Waals surface area contributed by atoms with Gasteiger partial charge < -0.3 is 14.9 Å². The van der Waals surface area contributed by atoms with Crippen LogP contribution in [0, 0.1) is 6.92 Å². The zero-order valence-corrected chi connectivity index (χ0v) is 12.6. The van der Waals surface area contributed by atoms with E-state index in [1.165, 1.54) is 0 Å². The predicted octanol–water partition coefficient (Wildman–Crippen LogP) is 4.45. The molecule has 1 atom stereocenters. The van der Waals surface area contributed by atoms with Gasteiger partial charge in [0.2, 0.25) is 0 Å². The van der Waals surface area contributed by atoms with Crippen molar-refractivity contribution in [1.29, 1.82) is 0 Å². The van der Waals surface area contributed by atoms with Crippen molar-refractivity contribution in [1.82, 2.24) is 0 Å². The standard InChI is InChI=1S/C17H16ClNO2/c1-10-7-15(20-2)12(9-13(10)18)17(19)16-8-11-5-3-4-6-14(11)21-16/h3-9,17H,19H2,1-2H3. The minimum atomic E-state index is -0.426. The summed E-state index contributed by atoms with van der Waals surface area (Å²) in [6.07, 6.45) is 0. The van der Waals surface area contributed by atoms with Gasteiger partial charge in [-0.15, -0.1) is 0 Å². The molecule has 0 aliphatic rings. The summed E-state index contributed by atoms with van der Waals surface area (Å²) in [5.41, 5.74) is 8.93. The van der Waals surface area contributed by atoms with Gasteiger partial charge in [-0.05, 0) is 36.8 Å². The minimum absolute atomic E-state index is 0.426. The van der Waals surface area contributed by atoms with Gasteiger partial charge in [0.1, 0.15) is 17.1 Å². The molecule has 108 valence electrons. The van der Waals surface area contributed by atoms with Crippen LogP contribution in [0.2, 0.25) is 5.02 Å². The molecule has 1 heterocycles. The summed E-state index contributed by atoms with van der Waals surface area (Å²) in [5.74, 6) is 1.40. The number of fused-ring (bicyclic) bond motifs is 1. The topological polar surface area (TPSA) is 48.4 Å². The van der Waals surface area contributed by atoms with Crippen molar-refractivity contribution in [2.45, 2.75) is 13.0 Å². The van der Waals surface area contributed by atoms with Crippen molar-refractivity contribution in [3.05, 3.63) is 64.4 Å². The van der Waals surface area contributed by atoms with Crippen LogP contribution in [0.4, 0.5) is 0 Å². The average Bonchev–Trinajstić information content (AvgIpc) is 2.92. The summed E-state index contributed by atoms with van der Waals surface area (Å²) in [5, 5.41) is 1.69. The summed E-state index contributed by atoms with van der Waals surface area (Å²) >= 11 is 6.21. The van der Waals surface area contributed by atoms with Crippen molar-refractivity contribution >= 4 is 22.6 Å². The fraction of sp³-hybridized carbons (Fsp3) is 0.176. The van der Waals surface area contributed by atoms with E-state index in [2.05, 4.69) is 0 Å². The Morgan fingerprint density at radius 1 is 1.19 bits per heavy atom. The Bertz CT molecular complexity index is 762. The molecule has 3 nitrogen and oxygen atoms in total. The summed E-state index contributed by atoms with van der Waals surface area (Å²) in [6.45, 7) is 1.93. The van der Waals surface area contributed by atoms with Gasteiger partial charge in [-0.3, -0.25) is 0 Å². The number of benzene rings is 2. The first-order valence-corrected chi connectivity index (χ1v) is 7.06. The third-order valence-electron chi connectivity index (χ3n) is 3.60. The van der Waals surface area contributed by atoms with Crippen LogP contribution in [0.25, 0.3) is 11.0 Å². The van der Waals surface area contributed by atoms with Gasteiger partial charge in [0, 0.05) is 16.0 Å². The largest absolute Gasteiger partial charge is 0.496 e. The Morgan fingerprint density at radius 3 is 2.67 bits per heavy atom. The van der Waals surface area contributed by atoms with E-state index in [0.717, 1.165) is 22.1 Å². The smallest absolute Gasteiger partial charge is 0.134 e. The van der Waals surface area contributed by atoms with Crippen LogP contribution in [0.3, 0.4) is 0 Å². The van der Waals surface area contributed by atoms with Crippen molar-refractivity contribution in [3.63, 3.8) is 0 Å². The average molecular weight is 302 g/mol. The highest BCUT2D eigenvalue weighted by Crippen LogP contribution is 2.34. The lowest BCUT2D eigenvalue weighted by molar-refractivity contribution is 0.404. The van der Waals surface area contributed by atoms with E-state index in [0.29, 0.717) is 16.5 Å². The first kappa shape index (κ1) is 14.0. The molecule has 2 aromatic carbocycles. The van der Waals surface area contributed by atoms with Gasteiger partial charge in [-0.2, -0.15) is 0 Å². The molecule has 21 heavy (non-hydrogen) atoms. The molecule has 0 saturated heterocycles. The van der Waals surface area contributed by atoms with Gasteiger partial charge in [0.15, 0.2) is 0 Å². The number of hydrogen-bond acceptors (Lipinski definition) is 3. The van der Waals surface area contributed by atoms with E-state index in [1.807, 2.05) is 49.4 Å². The van der Waals surface area contributed by atoms with Crippen LogP contribution in [0.5, 0.6) is 5.75 Å². The van der Waals surface area contributed by atoms with Crippen LogP contribution in [-0.4, -0.2) is 7.11 Å². The first-order chi connectivity index (χ1) is 10.1. The van der Waals surface area contributed by atoms with E-state index in [9.17, 15) is 0 Å². The Labute approximate surface area is 128 Å².